The van der Waals surface area contributed by atoms with E-state index in [9.17, 15) is 4.79 Å². The van der Waals surface area contributed by atoms with Crippen LogP contribution in [0, 0.1) is 19.3 Å². The quantitative estimate of drug-likeness (QED) is 0.682. The fourth-order valence-electron chi connectivity index (χ4n) is 5.48. The Morgan fingerprint density at radius 3 is 2.61 bits per heavy atom. The van der Waals surface area contributed by atoms with Gasteiger partial charge in [-0.05, 0) is 39.7 Å². The van der Waals surface area contributed by atoms with Gasteiger partial charge in [-0.15, -0.1) is 0 Å². The minimum Gasteiger partial charge on any atom is -0.383 e. The Hall–Kier alpha value is -2.18. The van der Waals surface area contributed by atoms with Crippen LogP contribution in [0.15, 0.2) is 30.7 Å². The fourth-order valence-corrected chi connectivity index (χ4v) is 5.48. The third-order valence-corrected chi connectivity index (χ3v) is 6.98. The molecule has 0 aliphatic carbocycles. The summed E-state index contributed by atoms with van der Waals surface area (Å²) in [5.41, 5.74) is 4.57. The molecule has 2 fully saturated rings. The van der Waals surface area contributed by atoms with Gasteiger partial charge in [0.05, 0.1) is 24.0 Å². The Kier molecular flexibility index (Phi) is 6.22. The van der Waals surface area contributed by atoms with Crippen LogP contribution < -0.4 is 0 Å². The summed E-state index contributed by atoms with van der Waals surface area (Å²) in [6, 6.07) is 7.11. The first-order valence-electron chi connectivity index (χ1n) is 11.4. The minimum atomic E-state index is -0.386. The van der Waals surface area contributed by atoms with Crippen molar-refractivity contribution in [1.82, 2.24) is 19.4 Å². The number of carbonyl (C=O) groups excluding carboxylic acids is 1. The van der Waals surface area contributed by atoms with E-state index in [2.05, 4.69) is 61.6 Å². The fraction of sp³-hybridized carbons (Fsp3) is 0.600. The molecule has 3 heterocycles. The molecule has 2 saturated heterocycles. The van der Waals surface area contributed by atoms with Gasteiger partial charge in [-0.2, -0.15) is 0 Å². The van der Waals surface area contributed by atoms with E-state index in [1.165, 1.54) is 16.7 Å². The summed E-state index contributed by atoms with van der Waals surface area (Å²) in [4.78, 5) is 22.9. The van der Waals surface area contributed by atoms with Gasteiger partial charge in [-0.25, -0.2) is 4.98 Å². The second kappa shape index (κ2) is 8.75. The van der Waals surface area contributed by atoms with Crippen LogP contribution in [0.3, 0.4) is 0 Å². The molecule has 2 unspecified atom stereocenters. The molecule has 1 spiro atoms. The maximum atomic E-state index is 13.7. The van der Waals surface area contributed by atoms with Gasteiger partial charge in [0.1, 0.15) is 0 Å². The normalized spacial score (nSPS) is 24.3. The number of imidazole rings is 1. The number of aromatic nitrogens is 2. The molecule has 31 heavy (non-hydrogen) atoms. The molecule has 4 rings (SSSR count). The first-order chi connectivity index (χ1) is 14.8. The smallest absolute Gasteiger partial charge is 0.230 e. The van der Waals surface area contributed by atoms with Crippen LogP contribution in [0.4, 0.5) is 0 Å². The molecule has 0 bridgehead atoms. The first kappa shape index (κ1) is 22.0. The third-order valence-electron chi connectivity index (χ3n) is 6.98. The molecule has 6 heteroatoms. The van der Waals surface area contributed by atoms with E-state index in [1.54, 1.807) is 7.11 Å². The van der Waals surface area contributed by atoms with Gasteiger partial charge in [-0.3, -0.25) is 9.69 Å². The number of amides is 1. The minimum absolute atomic E-state index is 0.124. The number of hydrogen-bond acceptors (Lipinski definition) is 4. The molecule has 0 radical (unpaired) electrons. The van der Waals surface area contributed by atoms with Gasteiger partial charge in [0, 0.05) is 58.0 Å². The van der Waals surface area contributed by atoms with Crippen LogP contribution in [0.2, 0.25) is 0 Å². The topological polar surface area (TPSA) is 50.6 Å². The van der Waals surface area contributed by atoms with Crippen LogP contribution >= 0.6 is 0 Å². The van der Waals surface area contributed by atoms with Gasteiger partial charge < -0.3 is 14.2 Å². The Morgan fingerprint density at radius 1 is 1.23 bits per heavy atom. The summed E-state index contributed by atoms with van der Waals surface area (Å²) < 4.78 is 7.40. The van der Waals surface area contributed by atoms with Crippen LogP contribution in [0.1, 0.15) is 54.6 Å². The molecule has 6 nitrogen and oxygen atoms in total. The van der Waals surface area contributed by atoms with E-state index in [0.29, 0.717) is 19.2 Å². The zero-order chi connectivity index (χ0) is 22.2. The van der Waals surface area contributed by atoms with Crippen molar-refractivity contribution < 1.29 is 9.53 Å². The number of carbonyl (C=O) groups is 1. The molecule has 2 aliphatic rings. The van der Waals surface area contributed by atoms with Crippen molar-refractivity contribution in [2.24, 2.45) is 5.41 Å². The highest BCUT2D eigenvalue weighted by Gasteiger charge is 2.57. The molecular weight excluding hydrogens is 388 g/mol. The highest BCUT2D eigenvalue weighted by Crippen LogP contribution is 2.49. The maximum absolute atomic E-state index is 13.7. The number of rotatable bonds is 7. The molecule has 2 aromatic rings. The number of methoxy groups -OCH3 is 1. The molecule has 2 atom stereocenters. The molecule has 0 N–H and O–H groups in total. The van der Waals surface area contributed by atoms with Crippen molar-refractivity contribution in [3.05, 3.63) is 53.1 Å². The van der Waals surface area contributed by atoms with Crippen molar-refractivity contribution in [3.63, 3.8) is 0 Å². The van der Waals surface area contributed by atoms with Crippen molar-refractivity contribution in [2.45, 2.75) is 52.6 Å². The lowest BCUT2D eigenvalue weighted by molar-refractivity contribution is -0.136. The average Bonchev–Trinajstić information content (AvgIpc) is 3.39. The highest BCUT2D eigenvalue weighted by molar-refractivity contribution is 5.86. The molecule has 1 aromatic carbocycles. The largest absolute Gasteiger partial charge is 0.383 e. The number of ether oxygens (including phenoxy) is 1. The number of nitrogens with zero attached hydrogens (tertiary/aromatic N) is 4. The van der Waals surface area contributed by atoms with Gasteiger partial charge >= 0.3 is 0 Å². The lowest BCUT2D eigenvalue weighted by Gasteiger charge is -2.28. The monoisotopic (exact) mass is 424 g/mol. The summed E-state index contributed by atoms with van der Waals surface area (Å²) in [7, 11) is 1.69. The average molecular weight is 425 g/mol. The van der Waals surface area contributed by atoms with Crippen molar-refractivity contribution in [1.29, 1.82) is 0 Å². The van der Waals surface area contributed by atoms with Crippen LogP contribution in [-0.4, -0.2) is 65.2 Å². The molecule has 0 saturated carbocycles. The number of benzene rings is 1. The SMILES string of the molecule is COCCN1CCC2(CN(Cc3cc(C)cc(C)c3)CC2c2cn(C(C)C)cn2)C1=O. The Bertz CT molecular complexity index is 917. The Morgan fingerprint density at radius 2 is 1.97 bits per heavy atom. The summed E-state index contributed by atoms with van der Waals surface area (Å²) in [5.74, 6) is 0.398. The van der Waals surface area contributed by atoms with E-state index in [4.69, 9.17) is 9.72 Å². The van der Waals surface area contributed by atoms with Crippen molar-refractivity contribution >= 4 is 5.91 Å². The van der Waals surface area contributed by atoms with Crippen LogP contribution in [0.5, 0.6) is 0 Å². The van der Waals surface area contributed by atoms with E-state index in [0.717, 1.165) is 38.3 Å². The van der Waals surface area contributed by atoms with Gasteiger partial charge in [0.15, 0.2) is 0 Å². The number of hydrogen-bond donors (Lipinski definition) is 0. The van der Waals surface area contributed by atoms with Crippen LogP contribution in [0.25, 0.3) is 0 Å². The molecule has 168 valence electrons. The summed E-state index contributed by atoms with van der Waals surface area (Å²) in [6.45, 7) is 13.2. The van der Waals surface area contributed by atoms with E-state index in [1.807, 2.05) is 11.2 Å². The Labute approximate surface area is 186 Å². The van der Waals surface area contributed by atoms with Crippen molar-refractivity contribution in [2.75, 3.05) is 39.9 Å². The van der Waals surface area contributed by atoms with Gasteiger partial charge in [0.25, 0.3) is 0 Å². The van der Waals surface area contributed by atoms with E-state index < -0.39 is 0 Å². The second-order valence-corrected chi connectivity index (χ2v) is 9.75. The standard InChI is InChI=1S/C25H36N4O2/c1-18(2)29-15-23(26-17-29)22-14-27(13-21-11-19(3)10-20(4)12-21)16-25(22)6-7-28(24(25)30)8-9-31-5/h10-12,15,17-18,22H,6-9,13-14,16H2,1-5H3. The first-order valence-corrected chi connectivity index (χ1v) is 11.4. The predicted molar refractivity (Wildman–Crippen MR) is 122 cm³/mol. The molecule has 1 aromatic heterocycles. The molecule has 2 aliphatic heterocycles. The van der Waals surface area contributed by atoms with Crippen LogP contribution in [-0.2, 0) is 16.1 Å². The number of aryl methyl sites for hydroxylation is 2. The number of likely N-dealkylation sites (tertiary alicyclic amines) is 2. The van der Waals surface area contributed by atoms with Gasteiger partial charge in [0.2, 0.25) is 5.91 Å². The zero-order valence-electron chi connectivity index (χ0n) is 19.6. The van der Waals surface area contributed by atoms with E-state index >= 15 is 0 Å². The second-order valence-electron chi connectivity index (χ2n) is 9.75. The zero-order valence-corrected chi connectivity index (χ0v) is 19.6. The maximum Gasteiger partial charge on any atom is 0.230 e. The van der Waals surface area contributed by atoms with E-state index in [-0.39, 0.29) is 17.2 Å². The summed E-state index contributed by atoms with van der Waals surface area (Å²) in [6.07, 6.45) is 4.96. The predicted octanol–water partition coefficient (Wildman–Crippen LogP) is 3.55. The lowest BCUT2D eigenvalue weighted by Crippen LogP contribution is -2.40. The third kappa shape index (κ3) is 4.28. The van der Waals surface area contributed by atoms with Gasteiger partial charge in [-0.1, -0.05) is 29.3 Å². The summed E-state index contributed by atoms with van der Waals surface area (Å²) in [5, 5.41) is 0. The lowest BCUT2D eigenvalue weighted by atomic mass is 9.75. The molecule has 1 amide bonds. The summed E-state index contributed by atoms with van der Waals surface area (Å²) >= 11 is 0. The Balaban J connectivity index is 1.62. The van der Waals surface area contributed by atoms with Crippen molar-refractivity contribution in [3.8, 4) is 0 Å². The molecular formula is C25H36N4O2. The highest BCUT2D eigenvalue weighted by atomic mass is 16.5.